The second-order valence-electron chi connectivity index (χ2n) is 14.6. The first kappa shape index (κ1) is 37.2. The van der Waals surface area contributed by atoms with Crippen molar-refractivity contribution in [3.05, 3.63) is 70.7 Å². The van der Waals surface area contributed by atoms with Crippen molar-refractivity contribution in [1.29, 1.82) is 0 Å². The molecule has 2 aliphatic rings. The zero-order chi connectivity index (χ0) is 38.0. The molecule has 5 aromatic rings. The van der Waals surface area contributed by atoms with Crippen LogP contribution in [-0.2, 0) is 25.9 Å². The van der Waals surface area contributed by atoms with Crippen molar-refractivity contribution in [2.24, 2.45) is 0 Å². The van der Waals surface area contributed by atoms with E-state index in [2.05, 4.69) is 31.1 Å². The van der Waals surface area contributed by atoms with Gasteiger partial charge in [0.2, 0.25) is 11.8 Å². The number of nitrogens with one attached hydrogen (secondary N) is 3. The SMILES string of the molecule is CCc1cc(CCn2ncc(CNc3cc(NC4CCC(F)(F)CC4)nc(-n4nc(C)cc4C)c3)n2)n(-c2nc(C)cc(NC3CCC(F)(F)CC3)n2)n1. The zero-order valence-electron chi connectivity index (χ0n) is 31.1. The van der Waals surface area contributed by atoms with Crippen LogP contribution in [0.3, 0.4) is 0 Å². The Morgan fingerprint density at radius 2 is 1.39 bits per heavy atom. The molecule has 54 heavy (non-hydrogen) atoms. The number of alkyl halides is 4. The molecule has 0 atom stereocenters. The maximum Gasteiger partial charge on any atom is 0.252 e. The smallest absolute Gasteiger partial charge is 0.252 e. The summed E-state index contributed by atoms with van der Waals surface area (Å²) in [5, 5.41) is 28.7. The lowest BCUT2D eigenvalue weighted by molar-refractivity contribution is -0.0366. The van der Waals surface area contributed by atoms with E-state index in [1.165, 1.54) is 0 Å². The Kier molecular flexibility index (Phi) is 10.6. The molecule has 5 heterocycles. The summed E-state index contributed by atoms with van der Waals surface area (Å²) in [6.45, 7) is 8.66. The molecule has 0 unspecified atom stereocenters. The van der Waals surface area contributed by atoms with Gasteiger partial charge in [0.15, 0.2) is 5.82 Å². The first-order valence-corrected chi connectivity index (χ1v) is 18.7. The van der Waals surface area contributed by atoms with Crippen LogP contribution < -0.4 is 16.0 Å². The van der Waals surface area contributed by atoms with Crippen molar-refractivity contribution in [3.63, 3.8) is 0 Å². The van der Waals surface area contributed by atoms with Gasteiger partial charge in [-0.2, -0.15) is 30.2 Å². The number of aromatic nitrogens is 10. The number of pyridine rings is 1. The topological polar surface area (TPSA) is 141 Å². The Balaban J connectivity index is 1.02. The van der Waals surface area contributed by atoms with E-state index in [0.29, 0.717) is 68.6 Å². The highest BCUT2D eigenvalue weighted by atomic mass is 19.3. The Labute approximate surface area is 311 Å². The number of nitrogens with zero attached hydrogens (tertiary/aromatic N) is 10. The maximum absolute atomic E-state index is 13.8. The molecule has 2 saturated carbocycles. The van der Waals surface area contributed by atoms with Gasteiger partial charge in [-0.3, -0.25) is 0 Å². The standard InChI is InChI=1S/C37H47F4N13/c1-5-26-18-31(54(51-26)35-44-23(2)17-32(48-35)45-27-6-11-36(38,39)12-7-27)10-15-52-43-22-30(50-52)21-42-29-19-33(46-28-8-13-37(40,41)14-9-28)47-34(20-29)53-25(4)16-24(3)49-53/h16-20,22,27-28H,5-15,21H2,1-4H3,(H2,42,46,47)(H,44,45,48). The number of hydrogen-bond donors (Lipinski definition) is 3. The van der Waals surface area contributed by atoms with Crippen LogP contribution in [0, 0.1) is 20.8 Å². The lowest BCUT2D eigenvalue weighted by Crippen LogP contribution is -2.32. The summed E-state index contributed by atoms with van der Waals surface area (Å²) < 4.78 is 58.6. The fourth-order valence-electron chi connectivity index (χ4n) is 7.10. The summed E-state index contributed by atoms with van der Waals surface area (Å²) in [4.78, 5) is 15.8. The number of rotatable bonds is 13. The second kappa shape index (κ2) is 15.3. The van der Waals surface area contributed by atoms with Gasteiger partial charge in [0, 0.05) is 85.2 Å². The first-order chi connectivity index (χ1) is 25.8. The van der Waals surface area contributed by atoms with Crippen molar-refractivity contribution < 1.29 is 17.6 Å². The van der Waals surface area contributed by atoms with Gasteiger partial charge in [0.1, 0.15) is 17.3 Å². The number of halogens is 4. The molecule has 0 saturated heterocycles. The minimum absolute atomic E-state index is 0.0753. The van der Waals surface area contributed by atoms with Crippen LogP contribution in [0.1, 0.15) is 92.5 Å². The quantitative estimate of drug-likeness (QED) is 0.106. The van der Waals surface area contributed by atoms with E-state index >= 15 is 0 Å². The van der Waals surface area contributed by atoms with Gasteiger partial charge >= 0.3 is 0 Å². The Bertz CT molecular complexity index is 2050. The van der Waals surface area contributed by atoms with Gasteiger partial charge in [-0.1, -0.05) is 6.92 Å². The summed E-state index contributed by atoms with van der Waals surface area (Å²) in [6, 6.07) is 9.44. The molecule has 0 aliphatic heterocycles. The fourth-order valence-corrected chi connectivity index (χ4v) is 7.10. The molecule has 0 spiro atoms. The van der Waals surface area contributed by atoms with Crippen LogP contribution in [0.15, 0.2) is 36.5 Å². The van der Waals surface area contributed by atoms with Crippen molar-refractivity contribution in [2.45, 2.75) is 129 Å². The molecule has 0 amide bonds. The van der Waals surface area contributed by atoms with Gasteiger partial charge in [-0.25, -0.2) is 36.9 Å². The average molecular weight is 750 g/mol. The molecular formula is C37H47F4N13. The van der Waals surface area contributed by atoms with E-state index < -0.39 is 11.8 Å². The zero-order valence-corrected chi connectivity index (χ0v) is 31.1. The molecular weight excluding hydrogens is 702 g/mol. The highest BCUT2D eigenvalue weighted by Crippen LogP contribution is 2.35. The van der Waals surface area contributed by atoms with Gasteiger partial charge in [0.05, 0.1) is 30.7 Å². The van der Waals surface area contributed by atoms with Crippen molar-refractivity contribution in [3.8, 4) is 11.8 Å². The molecule has 2 fully saturated rings. The highest BCUT2D eigenvalue weighted by molar-refractivity contribution is 5.57. The molecule has 13 nitrogen and oxygen atoms in total. The molecule has 3 N–H and O–H groups in total. The number of aryl methyl sites for hydroxylation is 6. The maximum atomic E-state index is 13.8. The third-order valence-electron chi connectivity index (χ3n) is 10.0. The van der Waals surface area contributed by atoms with Gasteiger partial charge in [-0.05, 0) is 65.0 Å². The summed E-state index contributed by atoms with van der Waals surface area (Å²) >= 11 is 0. The van der Waals surface area contributed by atoms with Gasteiger partial charge < -0.3 is 16.0 Å². The summed E-state index contributed by atoms with van der Waals surface area (Å²) in [5.41, 5.74) is 5.82. The van der Waals surface area contributed by atoms with E-state index in [9.17, 15) is 17.6 Å². The van der Waals surface area contributed by atoms with Crippen LogP contribution in [0.5, 0.6) is 0 Å². The van der Waals surface area contributed by atoms with Crippen LogP contribution in [0.2, 0.25) is 0 Å². The van der Waals surface area contributed by atoms with E-state index in [4.69, 9.17) is 20.2 Å². The number of hydrogen-bond acceptors (Lipinski definition) is 10. The minimum atomic E-state index is -2.61. The van der Waals surface area contributed by atoms with Gasteiger partial charge in [-0.15, -0.1) is 0 Å². The predicted molar refractivity (Wildman–Crippen MR) is 197 cm³/mol. The molecule has 288 valence electrons. The van der Waals surface area contributed by atoms with Crippen LogP contribution in [-0.4, -0.2) is 73.4 Å². The molecule has 0 bridgehead atoms. The molecule has 2 aliphatic carbocycles. The lowest BCUT2D eigenvalue weighted by Gasteiger charge is -2.29. The average Bonchev–Trinajstić information content (AvgIpc) is 3.86. The highest BCUT2D eigenvalue weighted by Gasteiger charge is 2.36. The lowest BCUT2D eigenvalue weighted by atomic mass is 9.92. The minimum Gasteiger partial charge on any atom is -0.379 e. The normalized spacial score (nSPS) is 17.5. The van der Waals surface area contributed by atoms with E-state index in [1.807, 2.05) is 58.0 Å². The molecule has 5 aromatic heterocycles. The fraction of sp³-hybridized carbons (Fsp3) is 0.541. The monoisotopic (exact) mass is 749 g/mol. The Morgan fingerprint density at radius 3 is 2.02 bits per heavy atom. The second-order valence-corrected chi connectivity index (χ2v) is 14.6. The largest absolute Gasteiger partial charge is 0.379 e. The molecule has 0 radical (unpaired) electrons. The predicted octanol–water partition coefficient (Wildman–Crippen LogP) is 7.16. The van der Waals surface area contributed by atoms with Crippen molar-refractivity contribution in [1.82, 2.24) is 49.5 Å². The first-order valence-electron chi connectivity index (χ1n) is 18.7. The van der Waals surface area contributed by atoms with Crippen molar-refractivity contribution in [2.75, 3.05) is 16.0 Å². The third kappa shape index (κ3) is 9.16. The van der Waals surface area contributed by atoms with Crippen molar-refractivity contribution >= 4 is 17.3 Å². The Morgan fingerprint density at radius 1 is 0.722 bits per heavy atom. The third-order valence-corrected chi connectivity index (χ3v) is 10.0. The van der Waals surface area contributed by atoms with E-state index in [0.717, 1.165) is 46.3 Å². The summed E-state index contributed by atoms with van der Waals surface area (Å²) in [6.07, 6.45) is 3.96. The number of anilines is 3. The summed E-state index contributed by atoms with van der Waals surface area (Å²) in [7, 11) is 0. The van der Waals surface area contributed by atoms with E-state index in [1.54, 1.807) is 20.4 Å². The van der Waals surface area contributed by atoms with Crippen LogP contribution >= 0.6 is 0 Å². The molecule has 7 rings (SSSR count). The van der Waals surface area contributed by atoms with Gasteiger partial charge in [0.25, 0.3) is 5.95 Å². The Hall–Kier alpha value is -5.09. The summed E-state index contributed by atoms with van der Waals surface area (Å²) in [5.74, 6) is -3.00. The molecule has 17 heteroatoms. The van der Waals surface area contributed by atoms with Crippen LogP contribution in [0.4, 0.5) is 34.9 Å². The van der Waals surface area contributed by atoms with Crippen LogP contribution in [0.25, 0.3) is 11.8 Å². The van der Waals surface area contributed by atoms with E-state index in [-0.39, 0.29) is 37.8 Å². The molecule has 0 aromatic carbocycles.